The molecule has 5 rings (SSSR count). The van der Waals surface area contributed by atoms with E-state index in [-0.39, 0.29) is 17.6 Å². The molecule has 1 aliphatic heterocycles. The van der Waals surface area contributed by atoms with Crippen LogP contribution in [-0.2, 0) is 11.3 Å². The van der Waals surface area contributed by atoms with Crippen molar-refractivity contribution in [2.75, 3.05) is 18.0 Å². The van der Waals surface area contributed by atoms with Crippen molar-refractivity contribution in [3.8, 4) is 0 Å². The first-order chi connectivity index (χ1) is 16.4. The van der Waals surface area contributed by atoms with Gasteiger partial charge in [0.15, 0.2) is 5.65 Å². The van der Waals surface area contributed by atoms with Gasteiger partial charge < -0.3 is 10.2 Å². The van der Waals surface area contributed by atoms with Crippen molar-refractivity contribution in [3.05, 3.63) is 77.9 Å². The summed E-state index contributed by atoms with van der Waals surface area (Å²) in [7, 11) is 0. The predicted octanol–water partition coefficient (Wildman–Crippen LogP) is 4.77. The lowest BCUT2D eigenvalue weighted by Gasteiger charge is -2.33. The fourth-order valence-corrected chi connectivity index (χ4v) is 4.69. The fraction of sp³-hybridized carbons (Fsp3) is 0.370. The summed E-state index contributed by atoms with van der Waals surface area (Å²) in [5.41, 5.74) is 2.94. The summed E-state index contributed by atoms with van der Waals surface area (Å²) >= 11 is 0. The molecule has 0 fully saturated rings. The first-order valence-electron chi connectivity index (χ1n) is 12.0. The van der Waals surface area contributed by atoms with Gasteiger partial charge in [0, 0.05) is 19.6 Å². The largest absolute Gasteiger partial charge is 0.355 e. The van der Waals surface area contributed by atoms with Gasteiger partial charge in [0.1, 0.15) is 11.6 Å². The van der Waals surface area contributed by atoms with E-state index in [1.54, 1.807) is 0 Å². The van der Waals surface area contributed by atoms with E-state index in [9.17, 15) is 9.18 Å². The van der Waals surface area contributed by atoms with Crippen LogP contribution < -0.4 is 10.2 Å². The van der Waals surface area contributed by atoms with Crippen LogP contribution >= 0.6 is 0 Å². The zero-order valence-electron chi connectivity index (χ0n) is 19.7. The van der Waals surface area contributed by atoms with Gasteiger partial charge in [-0.15, -0.1) is 5.10 Å². The molecule has 3 aromatic rings. The number of benzene rings is 1. The molecule has 1 aliphatic carbocycles. The van der Waals surface area contributed by atoms with Crippen molar-refractivity contribution < 1.29 is 9.18 Å². The van der Waals surface area contributed by atoms with Gasteiger partial charge in [-0.1, -0.05) is 37.3 Å². The van der Waals surface area contributed by atoms with Crippen molar-refractivity contribution >= 4 is 22.9 Å². The molecule has 34 heavy (non-hydrogen) atoms. The van der Waals surface area contributed by atoms with Crippen molar-refractivity contribution in [2.24, 2.45) is 11.3 Å². The highest BCUT2D eigenvalue weighted by molar-refractivity contribution is 5.89. The molecule has 1 amide bonds. The molecule has 2 atom stereocenters. The molecule has 176 valence electrons. The summed E-state index contributed by atoms with van der Waals surface area (Å²) in [6.07, 6.45) is 10.9. The van der Waals surface area contributed by atoms with Gasteiger partial charge in [0.05, 0.1) is 17.3 Å². The number of fused-ring (bicyclic) bond motifs is 3. The van der Waals surface area contributed by atoms with Gasteiger partial charge in [0.2, 0.25) is 5.91 Å². The zero-order chi connectivity index (χ0) is 23.7. The molecule has 1 aromatic carbocycles. The third-order valence-electron chi connectivity index (χ3n) is 7.10. The van der Waals surface area contributed by atoms with E-state index in [4.69, 9.17) is 5.10 Å². The highest BCUT2D eigenvalue weighted by Gasteiger charge is 2.38. The van der Waals surface area contributed by atoms with E-state index < -0.39 is 5.41 Å². The average Bonchev–Trinajstić information content (AvgIpc) is 3.26. The normalized spacial score (nSPS) is 23.4. The average molecular weight is 460 g/mol. The maximum atomic E-state index is 13.4. The first kappa shape index (κ1) is 22.3. The smallest absolute Gasteiger partial charge is 0.230 e. The summed E-state index contributed by atoms with van der Waals surface area (Å²) in [5, 5.41) is 8.12. The number of anilines is 1. The molecular weight excluding hydrogens is 429 g/mol. The topological polar surface area (TPSA) is 62.5 Å². The van der Waals surface area contributed by atoms with Crippen molar-refractivity contribution in [1.29, 1.82) is 0 Å². The Kier molecular flexibility index (Phi) is 5.94. The van der Waals surface area contributed by atoms with E-state index in [0.29, 0.717) is 13.1 Å². The summed E-state index contributed by atoms with van der Waals surface area (Å²) in [4.78, 5) is 20.0. The Labute approximate surface area is 199 Å². The Morgan fingerprint density at radius 1 is 1.15 bits per heavy atom. The molecule has 0 spiro atoms. The molecule has 7 heteroatoms. The Morgan fingerprint density at radius 2 is 1.97 bits per heavy atom. The molecule has 2 unspecified atom stereocenters. The third-order valence-corrected chi connectivity index (χ3v) is 7.10. The monoisotopic (exact) mass is 459 g/mol. The highest BCUT2D eigenvalue weighted by Crippen LogP contribution is 2.38. The second kappa shape index (κ2) is 9.05. The van der Waals surface area contributed by atoms with E-state index >= 15 is 0 Å². The maximum absolute atomic E-state index is 13.4. The Hall–Kier alpha value is -3.48. The number of nitrogens with one attached hydrogen (secondary N) is 1. The Morgan fingerprint density at radius 3 is 2.79 bits per heavy atom. The van der Waals surface area contributed by atoms with Gasteiger partial charge in [0.25, 0.3) is 0 Å². The summed E-state index contributed by atoms with van der Waals surface area (Å²) in [5.74, 6) is 0.746. The fourth-order valence-electron chi connectivity index (χ4n) is 4.69. The van der Waals surface area contributed by atoms with E-state index in [2.05, 4.69) is 40.4 Å². The standard InChI is InChI=1S/C27H30FN5O/c1-19-6-9-21-16-27(19,2)26(34)29-14-4-3-5-15-32(18-20-7-10-22(28)11-8-20)25-13-12-24-30-17-23(21)33(24)31-25/h6-13,16-17,19H,3-5,14-15,18H2,1-2H3,(H,29,34). The van der Waals surface area contributed by atoms with Crippen LogP contribution in [0.15, 0.2) is 60.8 Å². The minimum Gasteiger partial charge on any atom is -0.355 e. The molecule has 0 radical (unpaired) electrons. The van der Waals surface area contributed by atoms with Crippen molar-refractivity contribution in [2.45, 2.75) is 39.7 Å². The minimum absolute atomic E-state index is 0.0529. The van der Waals surface area contributed by atoms with Crippen molar-refractivity contribution in [1.82, 2.24) is 19.9 Å². The van der Waals surface area contributed by atoms with E-state index in [1.807, 2.05) is 41.9 Å². The molecule has 3 heterocycles. The van der Waals surface area contributed by atoms with Crippen LogP contribution in [0.5, 0.6) is 0 Å². The second-order valence-electron chi connectivity index (χ2n) is 9.50. The number of rotatable bonds is 2. The van der Waals surface area contributed by atoms with Gasteiger partial charge in [-0.2, -0.15) is 0 Å². The SMILES string of the molecule is CC1C=CC2=CC1(C)C(=O)NCCCCCN(Cc1ccc(F)cc1)c1ccc3ncc2n3n1. The number of hydrogen-bond acceptors (Lipinski definition) is 4. The Bertz CT molecular complexity index is 1260. The molecule has 0 saturated carbocycles. The summed E-state index contributed by atoms with van der Waals surface area (Å²) in [6, 6.07) is 10.6. The van der Waals surface area contributed by atoms with Crippen LogP contribution in [0.4, 0.5) is 10.2 Å². The summed E-state index contributed by atoms with van der Waals surface area (Å²) < 4.78 is 15.3. The van der Waals surface area contributed by atoms with Gasteiger partial charge in [-0.3, -0.25) is 4.79 Å². The molecule has 2 aliphatic rings. The minimum atomic E-state index is -0.638. The Balaban J connectivity index is 1.58. The number of carbonyl (C=O) groups is 1. The van der Waals surface area contributed by atoms with Crippen LogP contribution in [-0.4, -0.2) is 33.6 Å². The van der Waals surface area contributed by atoms with Gasteiger partial charge in [-0.25, -0.2) is 13.9 Å². The first-order valence-corrected chi connectivity index (χ1v) is 12.0. The van der Waals surface area contributed by atoms with Gasteiger partial charge >= 0.3 is 0 Å². The van der Waals surface area contributed by atoms with E-state index in [1.165, 1.54) is 12.1 Å². The third kappa shape index (κ3) is 4.22. The van der Waals surface area contributed by atoms with E-state index in [0.717, 1.165) is 54.1 Å². The maximum Gasteiger partial charge on any atom is 0.230 e. The lowest BCUT2D eigenvalue weighted by Crippen LogP contribution is -2.42. The molecule has 2 aromatic heterocycles. The molecule has 4 bridgehead atoms. The lowest BCUT2D eigenvalue weighted by molar-refractivity contribution is -0.129. The van der Waals surface area contributed by atoms with Gasteiger partial charge in [-0.05, 0) is 67.5 Å². The van der Waals surface area contributed by atoms with Crippen LogP contribution in [0.25, 0.3) is 11.2 Å². The zero-order valence-corrected chi connectivity index (χ0v) is 19.7. The molecular formula is C27H30FN5O. The van der Waals surface area contributed by atoms with Crippen molar-refractivity contribution in [3.63, 3.8) is 0 Å². The quantitative estimate of drug-likeness (QED) is 0.600. The lowest BCUT2D eigenvalue weighted by atomic mass is 9.72. The highest BCUT2D eigenvalue weighted by atomic mass is 19.1. The number of aromatic nitrogens is 3. The second-order valence-corrected chi connectivity index (χ2v) is 9.50. The van der Waals surface area contributed by atoms with Crippen LogP contribution in [0, 0.1) is 17.2 Å². The number of hydrogen-bond donors (Lipinski definition) is 1. The van der Waals surface area contributed by atoms with Crippen LogP contribution in [0.3, 0.4) is 0 Å². The predicted molar refractivity (Wildman–Crippen MR) is 132 cm³/mol. The van der Waals surface area contributed by atoms with Crippen LogP contribution in [0.1, 0.15) is 44.4 Å². The molecule has 6 nitrogen and oxygen atoms in total. The number of allylic oxidation sites excluding steroid dienone is 3. The molecule has 1 N–H and O–H groups in total. The molecule has 0 saturated heterocycles. The number of halogens is 1. The van der Waals surface area contributed by atoms with Crippen LogP contribution in [0.2, 0.25) is 0 Å². The number of imidazole rings is 1. The number of nitrogens with zero attached hydrogens (tertiary/aromatic N) is 4. The summed E-state index contributed by atoms with van der Waals surface area (Å²) in [6.45, 7) is 6.19. The number of carbonyl (C=O) groups excluding carboxylic acids is 1. The number of amides is 1.